The van der Waals surface area contributed by atoms with Gasteiger partial charge in [0.1, 0.15) is 5.02 Å². The maximum Gasteiger partial charge on any atom is 0.363 e. The van der Waals surface area contributed by atoms with Gasteiger partial charge in [-0.05, 0) is 35.9 Å². The zero-order valence-electron chi connectivity index (χ0n) is 12.5. The van der Waals surface area contributed by atoms with Gasteiger partial charge in [-0.25, -0.2) is 9.79 Å². The number of carbonyl (C=O) groups excluding carboxylic acids is 1. The van der Waals surface area contributed by atoms with Crippen LogP contribution in [0.4, 0.5) is 5.69 Å². The van der Waals surface area contributed by atoms with Crippen LogP contribution >= 0.6 is 11.6 Å². The first-order valence-corrected chi connectivity index (χ1v) is 7.33. The first-order chi connectivity index (χ1) is 12.0. The first kappa shape index (κ1) is 16.4. The fourth-order valence-electron chi connectivity index (χ4n) is 2.13. The quantitative estimate of drug-likeness (QED) is 0.363. The lowest BCUT2D eigenvalue weighted by molar-refractivity contribution is -0.384. The number of nitro benzene ring substituents is 1. The second kappa shape index (κ2) is 6.55. The lowest BCUT2D eigenvalue weighted by Gasteiger charge is -2.00. The Labute approximate surface area is 146 Å². The van der Waals surface area contributed by atoms with Gasteiger partial charge in [0.15, 0.2) is 5.70 Å². The number of nitriles is 1. The van der Waals surface area contributed by atoms with Gasteiger partial charge in [-0.2, -0.15) is 5.26 Å². The van der Waals surface area contributed by atoms with Crippen molar-refractivity contribution in [2.75, 3.05) is 0 Å². The van der Waals surface area contributed by atoms with Gasteiger partial charge in [0, 0.05) is 11.6 Å². The third kappa shape index (κ3) is 3.39. The molecule has 2 aromatic rings. The molecule has 0 atom stereocenters. The molecule has 8 heteroatoms. The third-order valence-electron chi connectivity index (χ3n) is 3.35. The minimum Gasteiger partial charge on any atom is -0.402 e. The lowest BCUT2D eigenvalue weighted by Crippen LogP contribution is -2.06. The van der Waals surface area contributed by atoms with Gasteiger partial charge in [-0.15, -0.1) is 0 Å². The monoisotopic (exact) mass is 353 g/mol. The van der Waals surface area contributed by atoms with Crippen molar-refractivity contribution in [3.63, 3.8) is 0 Å². The van der Waals surface area contributed by atoms with Crippen LogP contribution in [-0.4, -0.2) is 16.8 Å². The Bertz CT molecular complexity index is 988. The highest BCUT2D eigenvalue weighted by atomic mass is 35.5. The number of cyclic esters (lactones) is 1. The topological polar surface area (TPSA) is 106 Å². The average Bonchev–Trinajstić information content (AvgIpc) is 2.96. The Morgan fingerprint density at radius 1 is 1.24 bits per heavy atom. The molecule has 0 bridgehead atoms. The van der Waals surface area contributed by atoms with E-state index in [-0.39, 0.29) is 27.9 Å². The molecule has 0 aliphatic carbocycles. The summed E-state index contributed by atoms with van der Waals surface area (Å²) in [5, 5.41) is 19.7. The molecule has 7 nitrogen and oxygen atoms in total. The van der Waals surface area contributed by atoms with Crippen molar-refractivity contribution in [1.29, 1.82) is 5.26 Å². The average molecular weight is 354 g/mol. The van der Waals surface area contributed by atoms with E-state index in [0.29, 0.717) is 11.1 Å². The molecule has 0 unspecified atom stereocenters. The number of hydrogen-bond donors (Lipinski definition) is 0. The van der Waals surface area contributed by atoms with Gasteiger partial charge in [0.25, 0.3) is 5.69 Å². The van der Waals surface area contributed by atoms with E-state index in [1.54, 1.807) is 24.3 Å². The molecule has 0 saturated carbocycles. The molecule has 0 spiro atoms. The number of hydrogen-bond acceptors (Lipinski definition) is 6. The highest BCUT2D eigenvalue weighted by Gasteiger charge is 2.26. The van der Waals surface area contributed by atoms with Gasteiger partial charge in [0.2, 0.25) is 5.90 Å². The summed E-state index contributed by atoms with van der Waals surface area (Å²) in [5.74, 6) is -0.707. The maximum absolute atomic E-state index is 12.0. The number of ether oxygens (including phenoxy) is 1. The first-order valence-electron chi connectivity index (χ1n) is 6.95. The number of nitrogens with zero attached hydrogens (tertiary/aromatic N) is 3. The van der Waals surface area contributed by atoms with Crippen molar-refractivity contribution >= 4 is 35.2 Å². The SMILES string of the molecule is N#Cc1ccc(/C=C2\N=C(c3ccc(Cl)c([N+](=O)[O-])c3)OC2=O)cc1. The second-order valence-corrected chi connectivity index (χ2v) is 5.40. The normalized spacial score (nSPS) is 14.8. The summed E-state index contributed by atoms with van der Waals surface area (Å²) < 4.78 is 5.08. The van der Waals surface area contributed by atoms with Crippen LogP contribution in [0, 0.1) is 21.4 Å². The Balaban J connectivity index is 1.95. The van der Waals surface area contributed by atoms with Gasteiger partial charge in [0.05, 0.1) is 16.6 Å². The largest absolute Gasteiger partial charge is 0.402 e. The third-order valence-corrected chi connectivity index (χ3v) is 3.67. The molecular formula is C17H8ClN3O4. The number of esters is 1. The van der Waals surface area contributed by atoms with Gasteiger partial charge in [-0.1, -0.05) is 23.7 Å². The Kier molecular flexibility index (Phi) is 4.29. The van der Waals surface area contributed by atoms with Crippen molar-refractivity contribution in [2.45, 2.75) is 0 Å². The van der Waals surface area contributed by atoms with Gasteiger partial charge in [-0.3, -0.25) is 10.1 Å². The van der Waals surface area contributed by atoms with E-state index >= 15 is 0 Å². The van der Waals surface area contributed by atoms with Crippen molar-refractivity contribution in [3.05, 3.63) is 80.0 Å². The van der Waals surface area contributed by atoms with Crippen molar-refractivity contribution in [1.82, 2.24) is 0 Å². The second-order valence-electron chi connectivity index (χ2n) is 4.99. The molecule has 1 aliphatic rings. The van der Waals surface area contributed by atoms with Crippen LogP contribution in [0.3, 0.4) is 0 Å². The summed E-state index contributed by atoms with van der Waals surface area (Å²) in [6.45, 7) is 0. The molecule has 1 aliphatic heterocycles. The summed E-state index contributed by atoms with van der Waals surface area (Å²) >= 11 is 5.76. The smallest absolute Gasteiger partial charge is 0.363 e. The predicted molar refractivity (Wildman–Crippen MR) is 89.9 cm³/mol. The van der Waals surface area contributed by atoms with Crippen LogP contribution in [-0.2, 0) is 9.53 Å². The number of halogens is 1. The fraction of sp³-hybridized carbons (Fsp3) is 0. The zero-order chi connectivity index (χ0) is 18.0. The molecular weight excluding hydrogens is 346 g/mol. The van der Waals surface area contributed by atoms with Crippen LogP contribution < -0.4 is 0 Å². The standard InChI is InChI=1S/C17H8ClN3O4/c18-13-6-5-12(8-15(13)21(23)24)16-20-14(17(22)25-16)7-10-1-3-11(9-19)4-2-10/h1-8H/b14-7-. The molecule has 0 fully saturated rings. The molecule has 25 heavy (non-hydrogen) atoms. The predicted octanol–water partition coefficient (Wildman–Crippen LogP) is 3.46. The molecule has 0 aromatic heterocycles. The molecule has 0 amide bonds. The van der Waals surface area contributed by atoms with Crippen molar-refractivity contribution < 1.29 is 14.5 Å². The molecule has 122 valence electrons. The number of aliphatic imine (C=N–C) groups is 1. The molecule has 0 N–H and O–H groups in total. The van der Waals surface area contributed by atoms with E-state index in [1.807, 2.05) is 6.07 Å². The Morgan fingerprint density at radius 3 is 2.60 bits per heavy atom. The highest BCUT2D eigenvalue weighted by molar-refractivity contribution is 6.32. The van der Waals surface area contributed by atoms with Crippen LogP contribution in [0.5, 0.6) is 0 Å². The summed E-state index contributed by atoms with van der Waals surface area (Å²) in [6, 6.07) is 12.6. The number of benzene rings is 2. The summed E-state index contributed by atoms with van der Waals surface area (Å²) in [4.78, 5) is 26.4. The zero-order valence-corrected chi connectivity index (χ0v) is 13.2. The van der Waals surface area contributed by atoms with E-state index in [4.69, 9.17) is 21.6 Å². The van der Waals surface area contributed by atoms with E-state index in [9.17, 15) is 14.9 Å². The summed E-state index contributed by atoms with van der Waals surface area (Å²) in [5.41, 5.74) is 1.18. The van der Waals surface area contributed by atoms with Crippen molar-refractivity contribution in [2.24, 2.45) is 4.99 Å². The fourth-order valence-corrected chi connectivity index (χ4v) is 2.32. The Hall–Kier alpha value is -3.50. The lowest BCUT2D eigenvalue weighted by atomic mass is 10.1. The Morgan fingerprint density at radius 2 is 1.96 bits per heavy atom. The van der Waals surface area contributed by atoms with E-state index < -0.39 is 10.9 Å². The molecule has 2 aromatic carbocycles. The van der Waals surface area contributed by atoms with Crippen LogP contribution in [0.25, 0.3) is 6.08 Å². The van der Waals surface area contributed by atoms with E-state index in [2.05, 4.69) is 4.99 Å². The number of nitro groups is 1. The van der Waals surface area contributed by atoms with Crippen LogP contribution in [0.1, 0.15) is 16.7 Å². The number of rotatable bonds is 3. The van der Waals surface area contributed by atoms with Crippen molar-refractivity contribution in [3.8, 4) is 6.07 Å². The minimum atomic E-state index is -0.669. The maximum atomic E-state index is 12.0. The highest BCUT2D eigenvalue weighted by Crippen LogP contribution is 2.27. The molecule has 3 rings (SSSR count). The van der Waals surface area contributed by atoms with Gasteiger partial charge >= 0.3 is 5.97 Å². The van der Waals surface area contributed by atoms with E-state index in [1.165, 1.54) is 24.3 Å². The molecule has 0 radical (unpaired) electrons. The molecule has 0 saturated heterocycles. The minimum absolute atomic E-state index is 0.0213. The summed E-state index contributed by atoms with van der Waals surface area (Å²) in [7, 11) is 0. The van der Waals surface area contributed by atoms with E-state index in [0.717, 1.165) is 0 Å². The summed E-state index contributed by atoms with van der Waals surface area (Å²) in [6.07, 6.45) is 1.50. The van der Waals surface area contributed by atoms with Crippen LogP contribution in [0.2, 0.25) is 5.02 Å². The van der Waals surface area contributed by atoms with Gasteiger partial charge < -0.3 is 4.74 Å². The van der Waals surface area contributed by atoms with Crippen LogP contribution in [0.15, 0.2) is 53.2 Å². The molecule has 1 heterocycles. The number of carbonyl (C=O) groups is 1.